The Morgan fingerprint density at radius 2 is 1.58 bits per heavy atom. The summed E-state index contributed by atoms with van der Waals surface area (Å²) < 4.78 is 5.13. The van der Waals surface area contributed by atoms with Crippen LogP contribution in [-0.2, 0) is 6.42 Å². The number of hydrogen-bond acceptors (Lipinski definition) is 3. The number of rotatable bonds is 7. The summed E-state index contributed by atoms with van der Waals surface area (Å²) in [5, 5.41) is 8.88. The number of benzene rings is 2. The van der Waals surface area contributed by atoms with Crippen LogP contribution < -0.4 is 4.74 Å². The molecule has 0 heterocycles. The minimum absolute atomic E-state index is 0.110. The number of aryl methyl sites for hydroxylation is 1. The largest absolute Gasteiger partial charge is 0.497 e. The van der Waals surface area contributed by atoms with Crippen LogP contribution in [0.5, 0.6) is 5.75 Å². The van der Waals surface area contributed by atoms with Gasteiger partial charge in [0.25, 0.3) is 5.91 Å². The lowest BCUT2D eigenvalue weighted by Crippen LogP contribution is -2.28. The lowest BCUT2D eigenvalue weighted by Gasteiger charge is -2.17. The SMILES string of the molecule is COc1ccc(CCCN(C)C(=O)c2ccc(C(=O)O)cc2)cc1. The van der Waals surface area contributed by atoms with E-state index in [1.54, 1.807) is 31.2 Å². The number of carboxylic acids is 1. The maximum absolute atomic E-state index is 12.3. The molecule has 0 bridgehead atoms. The summed E-state index contributed by atoms with van der Waals surface area (Å²) >= 11 is 0. The van der Waals surface area contributed by atoms with Crippen molar-refractivity contribution < 1.29 is 19.4 Å². The predicted octanol–water partition coefficient (Wildman–Crippen LogP) is 3.10. The smallest absolute Gasteiger partial charge is 0.335 e. The van der Waals surface area contributed by atoms with Crippen LogP contribution in [0.3, 0.4) is 0 Å². The van der Waals surface area contributed by atoms with Gasteiger partial charge in [0.1, 0.15) is 5.75 Å². The molecule has 0 aliphatic rings. The van der Waals surface area contributed by atoms with Crippen LogP contribution in [0, 0.1) is 0 Å². The van der Waals surface area contributed by atoms with E-state index in [2.05, 4.69) is 0 Å². The number of carbonyl (C=O) groups is 2. The Hall–Kier alpha value is -2.82. The molecule has 126 valence electrons. The third-order valence-electron chi connectivity index (χ3n) is 3.84. The first kappa shape index (κ1) is 17.5. The van der Waals surface area contributed by atoms with E-state index in [1.807, 2.05) is 24.3 Å². The van der Waals surface area contributed by atoms with Crippen molar-refractivity contribution in [2.24, 2.45) is 0 Å². The van der Waals surface area contributed by atoms with Crippen LogP contribution in [0.2, 0.25) is 0 Å². The molecule has 0 aromatic heterocycles. The predicted molar refractivity (Wildman–Crippen MR) is 91.7 cm³/mol. The molecule has 0 aliphatic carbocycles. The van der Waals surface area contributed by atoms with E-state index in [4.69, 9.17) is 9.84 Å². The summed E-state index contributed by atoms with van der Waals surface area (Å²) in [7, 11) is 3.39. The minimum Gasteiger partial charge on any atom is -0.497 e. The molecule has 0 saturated heterocycles. The Morgan fingerprint density at radius 1 is 1.00 bits per heavy atom. The first-order valence-electron chi connectivity index (χ1n) is 7.73. The van der Waals surface area contributed by atoms with Crippen LogP contribution in [0.15, 0.2) is 48.5 Å². The van der Waals surface area contributed by atoms with Gasteiger partial charge in [0.2, 0.25) is 0 Å². The molecular weight excluding hydrogens is 306 g/mol. The van der Waals surface area contributed by atoms with Gasteiger partial charge in [-0.05, 0) is 54.8 Å². The van der Waals surface area contributed by atoms with Crippen molar-refractivity contribution in [1.29, 1.82) is 0 Å². The maximum atomic E-state index is 12.3. The van der Waals surface area contributed by atoms with E-state index in [9.17, 15) is 9.59 Å². The maximum Gasteiger partial charge on any atom is 0.335 e. The highest BCUT2D eigenvalue weighted by Crippen LogP contribution is 2.13. The van der Waals surface area contributed by atoms with Crippen molar-refractivity contribution >= 4 is 11.9 Å². The van der Waals surface area contributed by atoms with Crippen LogP contribution in [0.25, 0.3) is 0 Å². The molecule has 2 aromatic carbocycles. The van der Waals surface area contributed by atoms with Gasteiger partial charge in [-0.3, -0.25) is 4.79 Å². The van der Waals surface area contributed by atoms with E-state index in [0.717, 1.165) is 18.6 Å². The first-order valence-corrected chi connectivity index (χ1v) is 7.73. The molecule has 0 atom stereocenters. The number of methoxy groups -OCH3 is 1. The molecule has 24 heavy (non-hydrogen) atoms. The highest BCUT2D eigenvalue weighted by molar-refractivity contribution is 5.95. The van der Waals surface area contributed by atoms with E-state index < -0.39 is 5.97 Å². The van der Waals surface area contributed by atoms with Gasteiger partial charge in [0, 0.05) is 19.2 Å². The van der Waals surface area contributed by atoms with Crippen molar-refractivity contribution in [1.82, 2.24) is 4.90 Å². The number of ether oxygens (including phenoxy) is 1. The molecule has 1 amide bonds. The Kier molecular flexibility index (Phi) is 5.95. The van der Waals surface area contributed by atoms with Gasteiger partial charge in [0.05, 0.1) is 12.7 Å². The number of aromatic carboxylic acids is 1. The summed E-state index contributed by atoms with van der Waals surface area (Å²) in [6, 6.07) is 13.9. The summed E-state index contributed by atoms with van der Waals surface area (Å²) in [5.74, 6) is -0.278. The molecule has 0 aliphatic heterocycles. The first-order chi connectivity index (χ1) is 11.5. The highest BCUT2D eigenvalue weighted by Gasteiger charge is 2.12. The summed E-state index contributed by atoms with van der Waals surface area (Å²) in [5.41, 5.74) is 1.86. The fraction of sp³-hybridized carbons (Fsp3) is 0.263. The summed E-state index contributed by atoms with van der Waals surface area (Å²) in [6.45, 7) is 0.631. The lowest BCUT2D eigenvalue weighted by molar-refractivity contribution is 0.0695. The highest BCUT2D eigenvalue weighted by atomic mass is 16.5. The Balaban J connectivity index is 1.85. The molecule has 0 fully saturated rings. The lowest BCUT2D eigenvalue weighted by atomic mass is 10.1. The quantitative estimate of drug-likeness (QED) is 0.848. The molecule has 0 unspecified atom stereocenters. The normalized spacial score (nSPS) is 10.2. The molecule has 2 rings (SSSR count). The molecule has 0 radical (unpaired) electrons. The second-order valence-electron chi connectivity index (χ2n) is 5.56. The van der Waals surface area contributed by atoms with Gasteiger partial charge in [-0.25, -0.2) is 4.79 Å². The molecule has 2 aromatic rings. The van der Waals surface area contributed by atoms with Gasteiger partial charge in [-0.15, -0.1) is 0 Å². The number of amides is 1. The van der Waals surface area contributed by atoms with Gasteiger partial charge >= 0.3 is 5.97 Å². The number of carbonyl (C=O) groups excluding carboxylic acids is 1. The fourth-order valence-electron chi connectivity index (χ4n) is 2.39. The average molecular weight is 327 g/mol. The Morgan fingerprint density at radius 3 is 2.12 bits per heavy atom. The van der Waals surface area contributed by atoms with Crippen LogP contribution in [0.1, 0.15) is 32.7 Å². The van der Waals surface area contributed by atoms with Crippen LogP contribution in [0.4, 0.5) is 0 Å². The van der Waals surface area contributed by atoms with Crippen LogP contribution in [-0.4, -0.2) is 42.6 Å². The monoisotopic (exact) mass is 327 g/mol. The summed E-state index contributed by atoms with van der Waals surface area (Å²) in [4.78, 5) is 24.8. The standard InChI is InChI=1S/C19H21NO4/c1-20(13-3-4-14-5-11-17(24-2)12-6-14)18(21)15-7-9-16(10-8-15)19(22)23/h5-12H,3-4,13H2,1-2H3,(H,22,23). The Labute approximate surface area is 141 Å². The van der Waals surface area contributed by atoms with E-state index in [1.165, 1.54) is 17.7 Å². The fourth-order valence-corrected chi connectivity index (χ4v) is 2.39. The number of nitrogens with zero attached hydrogens (tertiary/aromatic N) is 1. The molecule has 5 nitrogen and oxygen atoms in total. The van der Waals surface area contributed by atoms with E-state index in [-0.39, 0.29) is 11.5 Å². The van der Waals surface area contributed by atoms with Gasteiger partial charge in [-0.1, -0.05) is 12.1 Å². The van der Waals surface area contributed by atoms with Gasteiger partial charge in [0.15, 0.2) is 0 Å². The molecule has 0 saturated carbocycles. The van der Waals surface area contributed by atoms with Crippen LogP contribution >= 0.6 is 0 Å². The van der Waals surface area contributed by atoms with E-state index in [0.29, 0.717) is 12.1 Å². The van der Waals surface area contributed by atoms with E-state index >= 15 is 0 Å². The molecular formula is C19H21NO4. The average Bonchev–Trinajstić information content (AvgIpc) is 2.61. The minimum atomic E-state index is -0.998. The van der Waals surface area contributed by atoms with Crippen molar-refractivity contribution in [2.45, 2.75) is 12.8 Å². The second-order valence-corrected chi connectivity index (χ2v) is 5.56. The number of carboxylic acid groups (broad SMARTS) is 1. The van der Waals surface area contributed by atoms with Gasteiger partial charge < -0.3 is 14.7 Å². The second kappa shape index (κ2) is 8.15. The van der Waals surface area contributed by atoms with Gasteiger partial charge in [-0.2, -0.15) is 0 Å². The molecule has 5 heteroatoms. The topological polar surface area (TPSA) is 66.8 Å². The van der Waals surface area contributed by atoms with Crippen molar-refractivity contribution in [3.63, 3.8) is 0 Å². The summed E-state index contributed by atoms with van der Waals surface area (Å²) in [6.07, 6.45) is 1.72. The number of hydrogen-bond donors (Lipinski definition) is 1. The van der Waals surface area contributed by atoms with Crippen molar-refractivity contribution in [3.8, 4) is 5.75 Å². The molecule has 1 N–H and O–H groups in total. The zero-order chi connectivity index (χ0) is 17.5. The zero-order valence-electron chi connectivity index (χ0n) is 13.9. The van der Waals surface area contributed by atoms with Crippen molar-refractivity contribution in [3.05, 3.63) is 65.2 Å². The zero-order valence-corrected chi connectivity index (χ0v) is 13.9. The molecule has 0 spiro atoms. The third-order valence-corrected chi connectivity index (χ3v) is 3.84. The third kappa shape index (κ3) is 4.59. The Bertz CT molecular complexity index is 692. The van der Waals surface area contributed by atoms with Crippen molar-refractivity contribution in [2.75, 3.05) is 20.7 Å².